The molecule has 3 rings (SSSR count). The van der Waals surface area contributed by atoms with E-state index in [9.17, 15) is 5.11 Å². The zero-order chi connectivity index (χ0) is 14.3. The SMILES string of the molecule is Cc1nn(C)c(Cl)c1CC(O)c1ccc(C2CC2)cc1. The Hall–Kier alpha value is -1.32. The summed E-state index contributed by atoms with van der Waals surface area (Å²) in [6.45, 7) is 1.92. The third-order valence-corrected chi connectivity index (χ3v) is 4.51. The summed E-state index contributed by atoms with van der Waals surface area (Å²) in [5, 5.41) is 15.3. The van der Waals surface area contributed by atoms with Crippen molar-refractivity contribution >= 4 is 11.6 Å². The molecule has 1 aromatic carbocycles. The van der Waals surface area contributed by atoms with Crippen LogP contribution in [0.2, 0.25) is 5.15 Å². The Kier molecular flexibility index (Phi) is 3.57. The largest absolute Gasteiger partial charge is 0.388 e. The van der Waals surface area contributed by atoms with Crippen molar-refractivity contribution in [3.05, 3.63) is 51.8 Å². The highest BCUT2D eigenvalue weighted by Crippen LogP contribution is 2.40. The molecule has 1 aliphatic carbocycles. The highest BCUT2D eigenvalue weighted by atomic mass is 35.5. The first-order chi connectivity index (χ1) is 9.56. The fourth-order valence-corrected chi connectivity index (χ4v) is 2.88. The minimum Gasteiger partial charge on any atom is -0.388 e. The molecule has 1 N–H and O–H groups in total. The monoisotopic (exact) mass is 290 g/mol. The Bertz CT molecular complexity index is 614. The maximum atomic E-state index is 10.4. The van der Waals surface area contributed by atoms with Crippen LogP contribution in [-0.4, -0.2) is 14.9 Å². The van der Waals surface area contributed by atoms with E-state index in [-0.39, 0.29) is 0 Å². The van der Waals surface area contributed by atoms with E-state index in [0.717, 1.165) is 22.7 Å². The van der Waals surface area contributed by atoms with E-state index in [1.165, 1.54) is 18.4 Å². The van der Waals surface area contributed by atoms with E-state index in [2.05, 4.69) is 17.2 Å². The fraction of sp³-hybridized carbons (Fsp3) is 0.438. The smallest absolute Gasteiger partial charge is 0.130 e. The van der Waals surface area contributed by atoms with Gasteiger partial charge in [0.25, 0.3) is 0 Å². The summed E-state index contributed by atoms with van der Waals surface area (Å²) in [5.74, 6) is 0.746. The Labute approximate surface area is 124 Å². The minimum absolute atomic E-state index is 0.501. The van der Waals surface area contributed by atoms with E-state index >= 15 is 0 Å². The van der Waals surface area contributed by atoms with Gasteiger partial charge in [-0.2, -0.15) is 5.10 Å². The van der Waals surface area contributed by atoms with Crippen molar-refractivity contribution in [3.8, 4) is 0 Å². The number of aromatic nitrogens is 2. The summed E-state index contributed by atoms with van der Waals surface area (Å²) in [6.07, 6.45) is 2.56. The zero-order valence-electron chi connectivity index (χ0n) is 11.8. The maximum Gasteiger partial charge on any atom is 0.130 e. The van der Waals surface area contributed by atoms with E-state index in [1.807, 2.05) is 26.1 Å². The third kappa shape index (κ3) is 2.60. The number of nitrogens with zero attached hydrogens (tertiary/aromatic N) is 2. The lowest BCUT2D eigenvalue weighted by Gasteiger charge is -2.11. The first kappa shape index (κ1) is 13.7. The van der Waals surface area contributed by atoms with Gasteiger partial charge in [-0.3, -0.25) is 4.68 Å². The van der Waals surface area contributed by atoms with Crippen LogP contribution in [0.25, 0.3) is 0 Å². The molecule has 2 aromatic rings. The van der Waals surface area contributed by atoms with E-state index in [0.29, 0.717) is 11.6 Å². The fourth-order valence-electron chi connectivity index (χ4n) is 2.62. The summed E-state index contributed by atoms with van der Waals surface area (Å²) in [6, 6.07) is 8.32. The average Bonchev–Trinajstić information content (AvgIpc) is 3.24. The summed E-state index contributed by atoms with van der Waals surface area (Å²) in [7, 11) is 1.82. The molecule has 1 saturated carbocycles. The molecule has 0 radical (unpaired) electrons. The lowest BCUT2D eigenvalue weighted by molar-refractivity contribution is 0.178. The average molecular weight is 291 g/mol. The number of hydrogen-bond donors (Lipinski definition) is 1. The molecule has 0 saturated heterocycles. The number of aryl methyl sites for hydroxylation is 2. The lowest BCUT2D eigenvalue weighted by Crippen LogP contribution is -2.03. The van der Waals surface area contributed by atoms with Crippen LogP contribution in [0.4, 0.5) is 0 Å². The van der Waals surface area contributed by atoms with Gasteiger partial charge in [0, 0.05) is 19.0 Å². The molecule has 4 heteroatoms. The molecule has 1 aromatic heterocycles. The van der Waals surface area contributed by atoms with Crippen LogP contribution in [0.3, 0.4) is 0 Å². The third-order valence-electron chi connectivity index (χ3n) is 4.04. The van der Waals surface area contributed by atoms with Crippen molar-refractivity contribution in [2.24, 2.45) is 7.05 Å². The molecule has 1 unspecified atom stereocenters. The number of aliphatic hydroxyl groups is 1. The van der Waals surface area contributed by atoms with Crippen LogP contribution in [0, 0.1) is 6.92 Å². The predicted octanol–water partition coefficient (Wildman–Crippen LogP) is 3.54. The Morgan fingerprint density at radius 2 is 2.00 bits per heavy atom. The normalized spacial score (nSPS) is 16.4. The van der Waals surface area contributed by atoms with Crippen molar-refractivity contribution in [2.45, 2.75) is 38.2 Å². The molecule has 20 heavy (non-hydrogen) atoms. The Balaban J connectivity index is 1.76. The molecule has 0 bridgehead atoms. The molecule has 0 spiro atoms. The second kappa shape index (κ2) is 5.23. The van der Waals surface area contributed by atoms with Gasteiger partial charge in [-0.15, -0.1) is 0 Å². The van der Waals surface area contributed by atoms with Crippen molar-refractivity contribution in [1.82, 2.24) is 9.78 Å². The number of aliphatic hydroxyl groups excluding tert-OH is 1. The van der Waals surface area contributed by atoms with Gasteiger partial charge >= 0.3 is 0 Å². The van der Waals surface area contributed by atoms with Gasteiger partial charge in [0.2, 0.25) is 0 Å². The molecule has 1 heterocycles. The summed E-state index contributed by atoms with van der Waals surface area (Å²) in [4.78, 5) is 0. The van der Waals surface area contributed by atoms with Gasteiger partial charge in [-0.05, 0) is 36.8 Å². The highest BCUT2D eigenvalue weighted by molar-refractivity contribution is 6.30. The van der Waals surface area contributed by atoms with Gasteiger partial charge < -0.3 is 5.11 Å². The Morgan fingerprint density at radius 3 is 2.50 bits per heavy atom. The predicted molar refractivity (Wildman–Crippen MR) is 80.0 cm³/mol. The number of benzene rings is 1. The molecule has 1 fully saturated rings. The molecule has 1 atom stereocenters. The van der Waals surface area contributed by atoms with Crippen molar-refractivity contribution < 1.29 is 5.11 Å². The van der Waals surface area contributed by atoms with Gasteiger partial charge in [0.1, 0.15) is 5.15 Å². The highest BCUT2D eigenvalue weighted by Gasteiger charge is 2.23. The van der Waals surface area contributed by atoms with Crippen LogP contribution in [-0.2, 0) is 13.5 Å². The van der Waals surface area contributed by atoms with Crippen LogP contribution < -0.4 is 0 Å². The maximum absolute atomic E-state index is 10.4. The summed E-state index contributed by atoms with van der Waals surface area (Å²) in [5.41, 5.74) is 4.13. The Morgan fingerprint density at radius 1 is 1.35 bits per heavy atom. The number of hydrogen-bond acceptors (Lipinski definition) is 2. The van der Waals surface area contributed by atoms with Crippen molar-refractivity contribution in [3.63, 3.8) is 0 Å². The van der Waals surface area contributed by atoms with Gasteiger partial charge in [-0.1, -0.05) is 35.9 Å². The molecule has 0 aliphatic heterocycles. The van der Waals surface area contributed by atoms with Gasteiger partial charge in [-0.25, -0.2) is 0 Å². The van der Waals surface area contributed by atoms with E-state index < -0.39 is 6.10 Å². The molecular weight excluding hydrogens is 272 g/mol. The van der Waals surface area contributed by atoms with Crippen LogP contribution in [0.1, 0.15) is 47.2 Å². The first-order valence-corrected chi connectivity index (χ1v) is 7.40. The topological polar surface area (TPSA) is 38.0 Å². The van der Waals surface area contributed by atoms with Crippen LogP contribution in [0.5, 0.6) is 0 Å². The van der Waals surface area contributed by atoms with Crippen molar-refractivity contribution in [1.29, 1.82) is 0 Å². The molecule has 106 valence electrons. The molecular formula is C16H19ClN2O. The second-order valence-electron chi connectivity index (χ2n) is 5.64. The standard InChI is InChI=1S/C16H19ClN2O/c1-10-14(16(17)19(2)18-10)9-15(20)13-7-5-12(6-8-13)11-3-4-11/h5-8,11,15,20H,3-4,9H2,1-2H3. The summed E-state index contributed by atoms with van der Waals surface area (Å²) >= 11 is 6.21. The van der Waals surface area contributed by atoms with Gasteiger partial charge in [0.15, 0.2) is 0 Å². The zero-order valence-corrected chi connectivity index (χ0v) is 12.6. The second-order valence-corrected chi connectivity index (χ2v) is 6.00. The molecule has 0 amide bonds. The van der Waals surface area contributed by atoms with Gasteiger partial charge in [0.05, 0.1) is 11.8 Å². The van der Waals surface area contributed by atoms with E-state index in [1.54, 1.807) is 4.68 Å². The van der Waals surface area contributed by atoms with Crippen LogP contribution >= 0.6 is 11.6 Å². The quantitative estimate of drug-likeness (QED) is 0.935. The van der Waals surface area contributed by atoms with Crippen molar-refractivity contribution in [2.75, 3.05) is 0 Å². The van der Waals surface area contributed by atoms with E-state index in [4.69, 9.17) is 11.6 Å². The molecule has 3 nitrogen and oxygen atoms in total. The lowest BCUT2D eigenvalue weighted by atomic mass is 10.00. The number of rotatable bonds is 4. The summed E-state index contributed by atoms with van der Waals surface area (Å²) < 4.78 is 1.65. The first-order valence-electron chi connectivity index (χ1n) is 7.02. The minimum atomic E-state index is -0.538. The molecule has 1 aliphatic rings. The van der Waals surface area contributed by atoms with Crippen LogP contribution in [0.15, 0.2) is 24.3 Å². The number of halogens is 1.